The number of nitrogens with one attached hydrogen (secondary N) is 1. The maximum atomic E-state index is 12.2. The minimum atomic E-state index is -0.677. The van der Waals surface area contributed by atoms with Crippen LogP contribution in [-0.4, -0.2) is 17.9 Å². The predicted octanol–water partition coefficient (Wildman–Crippen LogP) is 2.59. The standard InChI is InChI=1S/C17H26N2O2/c1-4-5-9-12(2)17(21)19-15(16(18)20)13(3)14-10-7-6-8-11-14/h6-8,10-13,15H,4-5,9H2,1-3H3,(H2,18,20)(H,19,21)/t12-,13-,15+/m0/s1. The topological polar surface area (TPSA) is 72.2 Å². The van der Waals surface area contributed by atoms with E-state index in [4.69, 9.17) is 5.73 Å². The zero-order chi connectivity index (χ0) is 15.8. The van der Waals surface area contributed by atoms with Crippen LogP contribution in [0.3, 0.4) is 0 Å². The number of hydrogen-bond donors (Lipinski definition) is 2. The van der Waals surface area contributed by atoms with E-state index in [2.05, 4.69) is 12.2 Å². The van der Waals surface area contributed by atoms with E-state index in [0.29, 0.717) is 0 Å². The molecule has 1 rings (SSSR count). The summed E-state index contributed by atoms with van der Waals surface area (Å²) < 4.78 is 0. The van der Waals surface area contributed by atoms with E-state index in [1.54, 1.807) is 0 Å². The Morgan fingerprint density at radius 1 is 1.19 bits per heavy atom. The molecule has 0 aliphatic rings. The second kappa shape index (κ2) is 8.45. The smallest absolute Gasteiger partial charge is 0.240 e. The molecule has 0 aliphatic heterocycles. The number of hydrogen-bond acceptors (Lipinski definition) is 2. The van der Waals surface area contributed by atoms with Crippen molar-refractivity contribution in [3.05, 3.63) is 35.9 Å². The highest BCUT2D eigenvalue weighted by molar-refractivity contribution is 5.88. The first-order valence-electron chi connectivity index (χ1n) is 7.62. The number of rotatable bonds is 8. The monoisotopic (exact) mass is 290 g/mol. The number of carbonyl (C=O) groups is 2. The number of primary amides is 1. The van der Waals surface area contributed by atoms with Gasteiger partial charge in [0.15, 0.2) is 0 Å². The molecule has 4 nitrogen and oxygen atoms in total. The van der Waals surface area contributed by atoms with Gasteiger partial charge in [-0.15, -0.1) is 0 Å². The van der Waals surface area contributed by atoms with Crippen molar-refractivity contribution in [1.29, 1.82) is 0 Å². The molecular weight excluding hydrogens is 264 g/mol. The minimum Gasteiger partial charge on any atom is -0.368 e. The summed E-state index contributed by atoms with van der Waals surface area (Å²) in [5.41, 5.74) is 6.46. The summed E-state index contributed by atoms with van der Waals surface area (Å²) in [6.45, 7) is 5.88. The molecule has 0 aromatic heterocycles. The molecule has 0 bridgehead atoms. The Labute approximate surface area is 127 Å². The fourth-order valence-corrected chi connectivity index (χ4v) is 2.33. The van der Waals surface area contributed by atoms with Crippen molar-refractivity contribution in [3.63, 3.8) is 0 Å². The van der Waals surface area contributed by atoms with Gasteiger partial charge in [-0.1, -0.05) is 63.9 Å². The van der Waals surface area contributed by atoms with Crippen molar-refractivity contribution in [1.82, 2.24) is 5.32 Å². The molecule has 0 saturated carbocycles. The molecule has 0 spiro atoms. The molecule has 1 aromatic carbocycles. The van der Waals surface area contributed by atoms with Gasteiger partial charge in [-0.3, -0.25) is 9.59 Å². The second-order valence-corrected chi connectivity index (χ2v) is 5.63. The van der Waals surface area contributed by atoms with Crippen LogP contribution in [0, 0.1) is 5.92 Å². The molecule has 3 N–H and O–H groups in total. The van der Waals surface area contributed by atoms with Crippen molar-refractivity contribution in [3.8, 4) is 0 Å². The molecule has 4 heteroatoms. The number of benzene rings is 1. The number of unbranched alkanes of at least 4 members (excludes halogenated alkanes) is 1. The maximum absolute atomic E-state index is 12.2. The van der Waals surface area contributed by atoms with Gasteiger partial charge < -0.3 is 11.1 Å². The van der Waals surface area contributed by atoms with E-state index in [9.17, 15) is 9.59 Å². The van der Waals surface area contributed by atoms with Crippen LogP contribution >= 0.6 is 0 Å². The van der Waals surface area contributed by atoms with Crippen molar-refractivity contribution in [2.75, 3.05) is 0 Å². The molecule has 0 heterocycles. The molecule has 21 heavy (non-hydrogen) atoms. The second-order valence-electron chi connectivity index (χ2n) is 5.63. The van der Waals surface area contributed by atoms with E-state index in [1.165, 1.54) is 0 Å². The number of amides is 2. The molecule has 0 aliphatic carbocycles. The lowest BCUT2D eigenvalue weighted by Crippen LogP contribution is -2.49. The van der Waals surface area contributed by atoms with Crippen molar-refractivity contribution < 1.29 is 9.59 Å². The minimum absolute atomic E-state index is 0.102. The molecule has 1 aromatic rings. The summed E-state index contributed by atoms with van der Waals surface area (Å²) in [6, 6.07) is 8.94. The zero-order valence-electron chi connectivity index (χ0n) is 13.1. The summed E-state index contributed by atoms with van der Waals surface area (Å²) in [4.78, 5) is 23.9. The van der Waals surface area contributed by atoms with Crippen LogP contribution in [-0.2, 0) is 9.59 Å². The van der Waals surface area contributed by atoms with Gasteiger partial charge >= 0.3 is 0 Å². The van der Waals surface area contributed by atoms with Crippen LogP contribution in [0.2, 0.25) is 0 Å². The van der Waals surface area contributed by atoms with E-state index in [1.807, 2.05) is 44.2 Å². The molecule has 3 atom stereocenters. The Morgan fingerprint density at radius 3 is 2.33 bits per heavy atom. The summed E-state index contributed by atoms with van der Waals surface area (Å²) in [7, 11) is 0. The van der Waals surface area contributed by atoms with E-state index < -0.39 is 11.9 Å². The first-order valence-corrected chi connectivity index (χ1v) is 7.62. The Hall–Kier alpha value is -1.84. The summed E-state index contributed by atoms with van der Waals surface area (Å²) in [5.74, 6) is -0.849. The molecule has 0 fully saturated rings. The van der Waals surface area contributed by atoms with Gasteiger partial charge in [0.1, 0.15) is 6.04 Å². The van der Waals surface area contributed by atoms with Crippen LogP contribution in [0.4, 0.5) is 0 Å². The third kappa shape index (κ3) is 5.21. The largest absolute Gasteiger partial charge is 0.368 e. The summed E-state index contributed by atoms with van der Waals surface area (Å²) in [6.07, 6.45) is 2.88. The van der Waals surface area contributed by atoms with Crippen molar-refractivity contribution >= 4 is 11.8 Å². The Kier molecular flexibility index (Phi) is 6.92. The molecule has 116 valence electrons. The highest BCUT2D eigenvalue weighted by Gasteiger charge is 2.27. The maximum Gasteiger partial charge on any atom is 0.240 e. The zero-order valence-corrected chi connectivity index (χ0v) is 13.1. The average Bonchev–Trinajstić information content (AvgIpc) is 2.49. The van der Waals surface area contributed by atoms with Crippen LogP contribution < -0.4 is 11.1 Å². The molecule has 0 saturated heterocycles. The fourth-order valence-electron chi connectivity index (χ4n) is 2.33. The highest BCUT2D eigenvalue weighted by atomic mass is 16.2. The lowest BCUT2D eigenvalue weighted by molar-refractivity contribution is -0.130. The summed E-state index contributed by atoms with van der Waals surface area (Å²) in [5, 5.41) is 2.81. The normalized spacial score (nSPS) is 15.0. The van der Waals surface area contributed by atoms with Gasteiger partial charge in [0, 0.05) is 11.8 Å². The Bertz CT molecular complexity index is 459. The van der Waals surface area contributed by atoms with Crippen LogP contribution in [0.5, 0.6) is 0 Å². The SMILES string of the molecule is CCCC[C@H](C)C(=O)N[C@@H](C(N)=O)[C@@H](C)c1ccccc1. The Morgan fingerprint density at radius 2 is 1.81 bits per heavy atom. The van der Waals surface area contributed by atoms with Gasteiger partial charge in [0.25, 0.3) is 0 Å². The summed E-state index contributed by atoms with van der Waals surface area (Å²) >= 11 is 0. The number of carbonyl (C=O) groups excluding carboxylic acids is 2. The van der Waals surface area contributed by atoms with Gasteiger partial charge in [-0.25, -0.2) is 0 Å². The van der Waals surface area contributed by atoms with Gasteiger partial charge in [0.05, 0.1) is 0 Å². The van der Waals surface area contributed by atoms with Gasteiger partial charge in [-0.05, 0) is 12.0 Å². The molecule has 0 radical (unpaired) electrons. The Balaban J connectivity index is 2.74. The van der Waals surface area contributed by atoms with Gasteiger partial charge in [0.2, 0.25) is 11.8 Å². The van der Waals surface area contributed by atoms with E-state index >= 15 is 0 Å². The van der Waals surface area contributed by atoms with Crippen LogP contribution in [0.25, 0.3) is 0 Å². The molecule has 0 unspecified atom stereocenters. The molecular formula is C17H26N2O2. The lowest BCUT2D eigenvalue weighted by atomic mass is 9.92. The molecule has 2 amide bonds. The van der Waals surface area contributed by atoms with Crippen LogP contribution in [0.1, 0.15) is 51.5 Å². The van der Waals surface area contributed by atoms with Crippen LogP contribution in [0.15, 0.2) is 30.3 Å². The van der Waals surface area contributed by atoms with Crippen molar-refractivity contribution in [2.24, 2.45) is 11.7 Å². The first kappa shape index (κ1) is 17.2. The first-order chi connectivity index (χ1) is 9.97. The number of nitrogens with two attached hydrogens (primary N) is 1. The third-order valence-electron chi connectivity index (χ3n) is 3.87. The highest BCUT2D eigenvalue weighted by Crippen LogP contribution is 2.19. The quantitative estimate of drug-likeness (QED) is 0.772. The van der Waals surface area contributed by atoms with E-state index in [0.717, 1.165) is 24.8 Å². The average molecular weight is 290 g/mol. The lowest BCUT2D eigenvalue weighted by Gasteiger charge is -2.24. The van der Waals surface area contributed by atoms with E-state index in [-0.39, 0.29) is 17.7 Å². The fraction of sp³-hybridized carbons (Fsp3) is 0.529. The van der Waals surface area contributed by atoms with Crippen molar-refractivity contribution in [2.45, 2.75) is 52.0 Å². The predicted molar refractivity (Wildman–Crippen MR) is 84.7 cm³/mol. The van der Waals surface area contributed by atoms with Gasteiger partial charge in [-0.2, -0.15) is 0 Å². The third-order valence-corrected chi connectivity index (χ3v) is 3.87.